The minimum Gasteiger partial charge on any atom is -0.382 e. The largest absolute Gasteiger partial charge is 0.382 e. The Hall–Kier alpha value is -2.96. The lowest BCUT2D eigenvalue weighted by molar-refractivity contribution is -0.384. The van der Waals surface area contributed by atoms with Gasteiger partial charge in [0.25, 0.3) is 11.6 Å². The average Bonchev–Trinajstić information content (AvgIpc) is 2.52. The number of pyridine rings is 1. The zero-order valence-corrected chi connectivity index (χ0v) is 11.4. The molecule has 0 unspecified atom stereocenters. The summed E-state index contributed by atoms with van der Waals surface area (Å²) in [5, 5.41) is 16.4. The van der Waals surface area contributed by atoms with Crippen LogP contribution in [-0.4, -0.2) is 22.9 Å². The summed E-state index contributed by atoms with van der Waals surface area (Å²) in [6.07, 6.45) is 3.29. The summed E-state index contributed by atoms with van der Waals surface area (Å²) in [6.45, 7) is 0.304. The van der Waals surface area contributed by atoms with Gasteiger partial charge in [0.2, 0.25) is 0 Å². The zero-order chi connectivity index (χ0) is 15.2. The number of nitro benzene ring substituents is 1. The van der Waals surface area contributed by atoms with Crippen molar-refractivity contribution in [3.63, 3.8) is 0 Å². The van der Waals surface area contributed by atoms with Gasteiger partial charge in [-0.1, -0.05) is 12.1 Å². The summed E-state index contributed by atoms with van der Waals surface area (Å²) in [4.78, 5) is 26.6. The van der Waals surface area contributed by atoms with Crippen molar-refractivity contribution in [3.05, 3.63) is 64.0 Å². The van der Waals surface area contributed by atoms with Crippen molar-refractivity contribution < 1.29 is 9.72 Å². The van der Waals surface area contributed by atoms with E-state index in [9.17, 15) is 14.9 Å². The van der Waals surface area contributed by atoms with Gasteiger partial charge in [0.1, 0.15) is 5.69 Å². The molecule has 0 aliphatic carbocycles. The van der Waals surface area contributed by atoms with Crippen LogP contribution < -0.4 is 10.6 Å². The van der Waals surface area contributed by atoms with E-state index in [4.69, 9.17) is 0 Å². The second kappa shape index (κ2) is 6.47. The normalized spacial score (nSPS) is 9.95. The second-order valence-electron chi connectivity index (χ2n) is 4.25. The molecule has 1 aromatic carbocycles. The summed E-state index contributed by atoms with van der Waals surface area (Å²) >= 11 is 0. The number of para-hydroxylation sites is 1. The number of carbonyl (C=O) groups excluding carboxylic acids is 1. The van der Waals surface area contributed by atoms with Crippen LogP contribution in [0.4, 0.5) is 11.4 Å². The van der Waals surface area contributed by atoms with Crippen LogP contribution in [0.2, 0.25) is 0 Å². The number of anilines is 1. The van der Waals surface area contributed by atoms with Gasteiger partial charge in [0.15, 0.2) is 0 Å². The minimum atomic E-state index is -0.524. The van der Waals surface area contributed by atoms with Crippen molar-refractivity contribution in [1.29, 1.82) is 0 Å². The highest BCUT2D eigenvalue weighted by Crippen LogP contribution is 2.27. The van der Waals surface area contributed by atoms with Crippen molar-refractivity contribution in [2.45, 2.75) is 6.54 Å². The molecule has 1 heterocycles. The first-order chi connectivity index (χ1) is 10.1. The van der Waals surface area contributed by atoms with E-state index in [0.29, 0.717) is 6.54 Å². The highest BCUT2D eigenvalue weighted by Gasteiger charge is 2.20. The molecule has 1 amide bonds. The highest BCUT2D eigenvalue weighted by molar-refractivity contribution is 6.01. The van der Waals surface area contributed by atoms with Crippen LogP contribution >= 0.6 is 0 Å². The van der Waals surface area contributed by atoms with E-state index in [1.165, 1.54) is 18.2 Å². The molecule has 2 rings (SSSR count). The van der Waals surface area contributed by atoms with Gasteiger partial charge in [-0.05, 0) is 17.7 Å². The Morgan fingerprint density at radius 2 is 2.14 bits per heavy atom. The fraction of sp³-hybridized carbons (Fsp3) is 0.143. The molecule has 0 aliphatic heterocycles. The summed E-state index contributed by atoms with van der Waals surface area (Å²) in [7, 11) is 1.54. The van der Waals surface area contributed by atoms with Gasteiger partial charge in [-0.2, -0.15) is 0 Å². The third kappa shape index (κ3) is 3.33. The first kappa shape index (κ1) is 14.4. The number of hydrogen-bond donors (Lipinski definition) is 2. The van der Waals surface area contributed by atoms with Crippen molar-refractivity contribution in [2.24, 2.45) is 0 Å². The van der Waals surface area contributed by atoms with Gasteiger partial charge in [-0.15, -0.1) is 0 Å². The van der Waals surface area contributed by atoms with Crippen LogP contribution in [0.15, 0.2) is 42.7 Å². The van der Waals surface area contributed by atoms with Gasteiger partial charge >= 0.3 is 0 Å². The predicted octanol–water partition coefficient (Wildman–Crippen LogP) is 1.96. The number of rotatable bonds is 5. The van der Waals surface area contributed by atoms with E-state index in [0.717, 1.165) is 5.56 Å². The number of nitrogens with one attached hydrogen (secondary N) is 2. The number of nitrogens with zero attached hydrogens (tertiary/aromatic N) is 2. The molecular weight excluding hydrogens is 272 g/mol. The fourth-order valence-electron chi connectivity index (χ4n) is 1.92. The Labute approximate surface area is 121 Å². The molecule has 7 nitrogen and oxygen atoms in total. The lowest BCUT2D eigenvalue weighted by atomic mass is 10.1. The number of hydrogen-bond acceptors (Lipinski definition) is 5. The van der Waals surface area contributed by atoms with Gasteiger partial charge < -0.3 is 10.6 Å². The highest BCUT2D eigenvalue weighted by atomic mass is 16.6. The van der Waals surface area contributed by atoms with E-state index in [1.54, 1.807) is 25.5 Å². The van der Waals surface area contributed by atoms with Crippen LogP contribution in [0, 0.1) is 10.1 Å². The van der Waals surface area contributed by atoms with Crippen molar-refractivity contribution >= 4 is 17.3 Å². The molecule has 0 atom stereocenters. The number of benzene rings is 1. The smallest absolute Gasteiger partial charge is 0.293 e. The molecule has 0 aliphatic rings. The van der Waals surface area contributed by atoms with E-state index < -0.39 is 4.92 Å². The average molecular weight is 286 g/mol. The standard InChI is InChI=1S/C14H14N4O3/c1-15-13-11(5-2-6-12(13)18(20)21)14(19)17-9-10-4-3-7-16-8-10/h2-8,15H,9H2,1H3,(H,17,19). The minimum absolute atomic E-state index is 0.133. The van der Waals surface area contributed by atoms with Crippen molar-refractivity contribution in [2.75, 3.05) is 12.4 Å². The maximum atomic E-state index is 12.2. The molecule has 2 aromatic rings. The van der Waals surface area contributed by atoms with Gasteiger partial charge in [-0.3, -0.25) is 19.9 Å². The summed E-state index contributed by atoms with van der Waals surface area (Å²) in [5.41, 5.74) is 1.15. The molecular formula is C14H14N4O3. The fourth-order valence-corrected chi connectivity index (χ4v) is 1.92. The number of amides is 1. The van der Waals surface area contributed by atoms with Gasteiger partial charge in [-0.25, -0.2) is 0 Å². The number of aromatic nitrogens is 1. The Morgan fingerprint density at radius 3 is 2.76 bits per heavy atom. The van der Waals surface area contributed by atoms with Crippen LogP contribution in [0.25, 0.3) is 0 Å². The molecule has 0 saturated heterocycles. The Kier molecular flexibility index (Phi) is 4.45. The maximum absolute atomic E-state index is 12.2. The monoisotopic (exact) mass is 286 g/mol. The van der Waals surface area contributed by atoms with Crippen LogP contribution in [0.5, 0.6) is 0 Å². The molecule has 0 saturated carbocycles. The topological polar surface area (TPSA) is 97.2 Å². The third-order valence-electron chi connectivity index (χ3n) is 2.91. The first-order valence-electron chi connectivity index (χ1n) is 6.25. The van der Waals surface area contributed by atoms with Crippen LogP contribution in [0.1, 0.15) is 15.9 Å². The Morgan fingerprint density at radius 1 is 1.33 bits per heavy atom. The zero-order valence-electron chi connectivity index (χ0n) is 11.4. The maximum Gasteiger partial charge on any atom is 0.293 e. The van der Waals surface area contributed by atoms with E-state index in [2.05, 4.69) is 15.6 Å². The van der Waals surface area contributed by atoms with Gasteiger partial charge in [0, 0.05) is 32.1 Å². The molecule has 0 bridgehead atoms. The van der Waals surface area contributed by atoms with Crippen LogP contribution in [-0.2, 0) is 6.54 Å². The Balaban J connectivity index is 2.19. The van der Waals surface area contributed by atoms with Gasteiger partial charge in [0.05, 0.1) is 10.5 Å². The van der Waals surface area contributed by atoms with E-state index >= 15 is 0 Å². The molecule has 2 N–H and O–H groups in total. The second-order valence-corrected chi connectivity index (χ2v) is 4.25. The summed E-state index contributed by atoms with van der Waals surface area (Å²) in [5.74, 6) is -0.382. The Bertz CT molecular complexity index is 659. The molecule has 0 spiro atoms. The molecule has 21 heavy (non-hydrogen) atoms. The predicted molar refractivity (Wildman–Crippen MR) is 78.1 cm³/mol. The molecule has 7 heteroatoms. The molecule has 108 valence electrons. The number of nitro groups is 1. The quantitative estimate of drug-likeness (QED) is 0.647. The lowest BCUT2D eigenvalue weighted by Gasteiger charge is -2.10. The lowest BCUT2D eigenvalue weighted by Crippen LogP contribution is -2.24. The van der Waals surface area contributed by atoms with Crippen molar-refractivity contribution in [3.8, 4) is 0 Å². The van der Waals surface area contributed by atoms with Crippen LogP contribution in [0.3, 0.4) is 0 Å². The summed E-state index contributed by atoms with van der Waals surface area (Å²) in [6, 6.07) is 7.98. The van der Waals surface area contributed by atoms with Crippen molar-refractivity contribution in [1.82, 2.24) is 10.3 Å². The summed E-state index contributed by atoms with van der Waals surface area (Å²) < 4.78 is 0. The van der Waals surface area contributed by atoms with E-state index in [1.807, 2.05) is 6.07 Å². The molecule has 1 aromatic heterocycles. The molecule has 0 fully saturated rings. The molecule has 0 radical (unpaired) electrons. The number of carbonyl (C=O) groups is 1. The first-order valence-corrected chi connectivity index (χ1v) is 6.25. The SMILES string of the molecule is CNc1c(C(=O)NCc2cccnc2)cccc1[N+](=O)[O-]. The third-order valence-corrected chi connectivity index (χ3v) is 2.91. The van der Waals surface area contributed by atoms with E-state index in [-0.39, 0.29) is 22.8 Å².